The van der Waals surface area contributed by atoms with Crippen molar-refractivity contribution in [2.45, 2.75) is 0 Å². The van der Waals surface area contributed by atoms with Gasteiger partial charge >= 0.3 is 0 Å². The molecule has 0 saturated carbocycles. The smallest absolute Gasteiger partial charge is 0.201 e. The molecule has 2 nitrogen and oxygen atoms in total. The largest absolute Gasteiger partial charge is 0.508 e. The highest BCUT2D eigenvalue weighted by atomic mass is 31.2. The van der Waals surface area contributed by atoms with E-state index in [2.05, 4.69) is 36.4 Å². The Bertz CT molecular complexity index is 3020. The monoisotopic (exact) mass is 1080 g/mol. The molecule has 0 unspecified atom stereocenters. The molecule has 0 aliphatic heterocycles. The van der Waals surface area contributed by atoms with Gasteiger partial charge in [-0.05, 0) is 60.7 Å². The number of benzene rings is 8. The van der Waals surface area contributed by atoms with Gasteiger partial charge in [0.1, 0.15) is 87.8 Å². The number of Topliss-reactive ketones (excluding diaryl/α,β-unsaturated/α-hetero) is 1. The summed E-state index contributed by atoms with van der Waals surface area (Å²) in [5.41, 5.74) is -13.7. The molecule has 74 heavy (non-hydrogen) atoms. The Morgan fingerprint density at radius 3 is 0.730 bits per heavy atom. The highest BCUT2D eigenvalue weighted by molar-refractivity contribution is 7.96. The predicted molar refractivity (Wildman–Crippen MR) is 232 cm³/mol. The van der Waals surface area contributed by atoms with Crippen LogP contribution >= 0.6 is 7.26 Å². The van der Waals surface area contributed by atoms with E-state index in [4.69, 9.17) is 0 Å². The molecule has 8 aromatic carbocycles. The summed E-state index contributed by atoms with van der Waals surface area (Å²) in [6.45, 7) is 0. The maximum atomic E-state index is 15.4. The van der Waals surface area contributed by atoms with Crippen LogP contribution in [-0.4, -0.2) is 23.2 Å². The SMILES string of the molecule is Fc1c(F)c(F)c([B-](c2c(F)c(F)c(F)c(F)c2F)(c2c(F)c(F)c(F)c(F)c2F)c2c(F)c(F)c(F)c(F)c2F)c(F)c1F.O=C(C[P+](c1ccccc1)(c1ccccc1)c1ccccc1)c1ccc(O)cc1. The van der Waals surface area contributed by atoms with E-state index in [-0.39, 0.29) is 11.5 Å². The molecule has 0 saturated heterocycles. The maximum absolute atomic E-state index is 15.4. The van der Waals surface area contributed by atoms with Crippen LogP contribution in [0.4, 0.5) is 87.8 Å². The first-order chi connectivity index (χ1) is 34.9. The van der Waals surface area contributed by atoms with Gasteiger partial charge in [-0.15, -0.1) is 21.9 Å². The average Bonchev–Trinajstić information content (AvgIpc) is 3.41. The van der Waals surface area contributed by atoms with Crippen molar-refractivity contribution in [3.63, 3.8) is 0 Å². The lowest BCUT2D eigenvalue weighted by Crippen LogP contribution is -2.81. The zero-order chi connectivity index (χ0) is 54.5. The third kappa shape index (κ3) is 8.59. The molecule has 24 heteroatoms. The van der Waals surface area contributed by atoms with Crippen LogP contribution in [0.5, 0.6) is 5.75 Å². The van der Waals surface area contributed by atoms with E-state index in [0.717, 1.165) is 0 Å². The van der Waals surface area contributed by atoms with Gasteiger partial charge in [0.2, 0.25) is 5.78 Å². The van der Waals surface area contributed by atoms with Crippen LogP contribution in [-0.2, 0) is 0 Å². The summed E-state index contributed by atoms with van der Waals surface area (Å²) in [6, 6.07) is 37.7. The summed E-state index contributed by atoms with van der Waals surface area (Å²) >= 11 is 0. The number of carbonyl (C=O) groups excluding carboxylic acids is 1. The molecule has 1 N–H and O–H groups in total. The molecule has 0 aromatic heterocycles. The van der Waals surface area contributed by atoms with Crippen LogP contribution in [0, 0.1) is 116 Å². The zero-order valence-corrected chi connectivity index (χ0v) is 37.0. The molecular weight excluding hydrogens is 1050 g/mol. The van der Waals surface area contributed by atoms with Crippen molar-refractivity contribution in [1.82, 2.24) is 0 Å². The van der Waals surface area contributed by atoms with E-state index in [0.29, 0.717) is 11.7 Å². The second-order valence-corrected chi connectivity index (χ2v) is 19.2. The fourth-order valence-corrected chi connectivity index (χ4v) is 12.7. The molecule has 0 bridgehead atoms. The van der Waals surface area contributed by atoms with Gasteiger partial charge in [-0.2, -0.15) is 0 Å². The fraction of sp³-hybridized carbons (Fsp3) is 0.0200. The number of hydrogen-bond donors (Lipinski definition) is 1. The average molecular weight is 1080 g/mol. The van der Waals surface area contributed by atoms with Gasteiger partial charge in [0.15, 0.2) is 69.8 Å². The summed E-state index contributed by atoms with van der Waals surface area (Å²) in [5.74, 6) is -71.2. The van der Waals surface area contributed by atoms with Crippen molar-refractivity contribution in [3.8, 4) is 5.75 Å². The van der Waals surface area contributed by atoms with Crippen molar-refractivity contribution in [1.29, 1.82) is 0 Å². The summed E-state index contributed by atoms with van der Waals surface area (Å²) < 4.78 is 294. The minimum Gasteiger partial charge on any atom is -0.508 e. The Balaban J connectivity index is 0.000000237. The molecule has 0 spiro atoms. The highest BCUT2D eigenvalue weighted by Crippen LogP contribution is 2.55. The van der Waals surface area contributed by atoms with Crippen LogP contribution in [0.1, 0.15) is 10.4 Å². The normalized spacial score (nSPS) is 11.7. The van der Waals surface area contributed by atoms with E-state index in [1.807, 2.05) is 54.6 Å². The van der Waals surface area contributed by atoms with Gasteiger partial charge in [0.05, 0.1) is 0 Å². The standard InChI is InChI=1S/C26H21O2P.C24BF20/c27-22-18-16-21(17-19-22)26(28)20-29(23-10-4-1-5-11-23,24-12-6-2-7-13-24)25-14-8-3-9-15-25;26-5-1(6(27)14(35)21(42)13(5)34)25(2-7(28)15(36)22(43)16(37)8(2)29,3-9(30)17(38)23(44)18(39)10(3)31)4-11(32)19(40)24(45)20(41)12(4)33/h1-19H,20H2;/q;-1/p+1. The van der Waals surface area contributed by atoms with Gasteiger partial charge in [0.25, 0.3) is 0 Å². The number of hydrogen-bond acceptors (Lipinski definition) is 2. The lowest BCUT2D eigenvalue weighted by molar-refractivity contribution is 0.102. The Hall–Kier alpha value is -7.68. The highest BCUT2D eigenvalue weighted by Gasteiger charge is 2.53. The quantitative estimate of drug-likeness (QED) is 0.0370. The first-order valence-corrected chi connectivity index (χ1v) is 22.5. The van der Waals surface area contributed by atoms with Crippen LogP contribution in [0.3, 0.4) is 0 Å². The lowest BCUT2D eigenvalue weighted by Gasteiger charge is -2.44. The zero-order valence-electron chi connectivity index (χ0n) is 36.1. The van der Waals surface area contributed by atoms with Crippen molar-refractivity contribution >= 4 is 57.0 Å². The third-order valence-corrected chi connectivity index (χ3v) is 16.2. The molecule has 0 atom stereocenters. The van der Waals surface area contributed by atoms with Crippen LogP contribution in [0.2, 0.25) is 0 Å². The molecule has 8 rings (SSSR count). The van der Waals surface area contributed by atoms with Crippen molar-refractivity contribution in [3.05, 3.63) is 237 Å². The summed E-state index contributed by atoms with van der Waals surface area (Å²) in [4.78, 5) is 13.4. The molecule has 382 valence electrons. The Morgan fingerprint density at radius 1 is 0.311 bits per heavy atom. The first-order valence-electron chi connectivity index (χ1n) is 20.5. The molecule has 0 radical (unpaired) electrons. The number of phenolic OH excluding ortho intramolecular Hbond substituents is 1. The molecule has 0 heterocycles. The second-order valence-electron chi connectivity index (χ2n) is 15.7. The number of rotatable bonds is 10. The topological polar surface area (TPSA) is 37.3 Å². The summed E-state index contributed by atoms with van der Waals surface area (Å²) in [7, 11) is -2.20. The van der Waals surface area contributed by atoms with Gasteiger partial charge in [0, 0.05) is 5.56 Å². The van der Waals surface area contributed by atoms with Crippen LogP contribution in [0.15, 0.2) is 115 Å². The number of aromatic hydroxyl groups is 1. The third-order valence-electron chi connectivity index (χ3n) is 11.9. The first kappa shape index (κ1) is 54.1. The van der Waals surface area contributed by atoms with Gasteiger partial charge in [-0.1, -0.05) is 54.6 Å². The molecule has 0 aliphatic carbocycles. The summed E-state index contributed by atoms with van der Waals surface area (Å²) in [5, 5.41) is 13.2. The van der Waals surface area contributed by atoms with E-state index < -0.39 is 152 Å². The lowest BCUT2D eigenvalue weighted by atomic mass is 9.12. The molecule has 8 aromatic rings. The molecule has 0 fully saturated rings. The van der Waals surface area contributed by atoms with E-state index in [1.165, 1.54) is 15.9 Å². The summed E-state index contributed by atoms with van der Waals surface area (Å²) in [6.07, 6.45) is -6.82. The minimum absolute atomic E-state index is 0.0786. The number of ketones is 1. The predicted octanol–water partition coefficient (Wildman–Crippen LogP) is 10.4. The molecule has 0 aliphatic rings. The van der Waals surface area contributed by atoms with Crippen molar-refractivity contribution < 1.29 is 97.7 Å². The van der Waals surface area contributed by atoms with Gasteiger partial charge < -0.3 is 5.11 Å². The van der Waals surface area contributed by atoms with Gasteiger partial charge in [-0.3, -0.25) is 4.79 Å². The molecule has 0 amide bonds. The maximum Gasteiger partial charge on any atom is 0.201 e. The van der Waals surface area contributed by atoms with E-state index >= 15 is 35.1 Å². The second kappa shape index (κ2) is 20.7. The van der Waals surface area contributed by atoms with E-state index in [1.54, 1.807) is 24.3 Å². The van der Waals surface area contributed by atoms with Gasteiger partial charge in [-0.25, -0.2) is 87.8 Å². The Kier molecular flexibility index (Phi) is 15.1. The van der Waals surface area contributed by atoms with E-state index in [9.17, 15) is 62.6 Å². The van der Waals surface area contributed by atoms with Crippen LogP contribution in [0.25, 0.3) is 0 Å². The number of carbonyl (C=O) groups is 1. The number of halogens is 20. The van der Waals surface area contributed by atoms with Crippen molar-refractivity contribution in [2.24, 2.45) is 0 Å². The fourth-order valence-electron chi connectivity index (χ4n) is 8.60. The number of phenols is 1. The minimum atomic E-state index is -7.22. The Labute approximate surface area is 403 Å². The molecular formula is C50H22BF20O2P. The van der Waals surface area contributed by atoms with Crippen molar-refractivity contribution in [2.75, 3.05) is 6.16 Å². The Morgan fingerprint density at radius 2 is 0.514 bits per heavy atom. The van der Waals surface area contributed by atoms with Crippen LogP contribution < -0.4 is 37.8 Å².